The minimum absolute atomic E-state index is 0.0836. The highest BCUT2D eigenvalue weighted by molar-refractivity contribution is 9.10. The van der Waals surface area contributed by atoms with Crippen LogP contribution in [0.3, 0.4) is 0 Å². The SMILES string of the molecule is O=C(COc1ccc(Cl)cc1Br)OCC(=O)c1ccc(N2CCCC2=O)cc1. The fourth-order valence-corrected chi connectivity index (χ4v) is 3.55. The Labute approximate surface area is 175 Å². The predicted molar refractivity (Wildman–Crippen MR) is 108 cm³/mol. The molecule has 2 aromatic rings. The number of ketones is 1. The van der Waals surface area contributed by atoms with E-state index in [1.807, 2.05) is 0 Å². The van der Waals surface area contributed by atoms with Crippen molar-refractivity contribution in [1.29, 1.82) is 0 Å². The van der Waals surface area contributed by atoms with Crippen molar-refractivity contribution in [3.63, 3.8) is 0 Å². The maximum atomic E-state index is 12.2. The van der Waals surface area contributed by atoms with Crippen LogP contribution in [0.4, 0.5) is 5.69 Å². The molecule has 0 bridgehead atoms. The smallest absolute Gasteiger partial charge is 0.344 e. The molecule has 6 nitrogen and oxygen atoms in total. The summed E-state index contributed by atoms with van der Waals surface area (Å²) in [6.07, 6.45) is 1.38. The molecule has 0 unspecified atom stereocenters. The normalized spacial score (nSPS) is 13.5. The second-order valence-corrected chi connectivity index (χ2v) is 7.43. The van der Waals surface area contributed by atoms with Gasteiger partial charge in [-0.2, -0.15) is 0 Å². The maximum Gasteiger partial charge on any atom is 0.344 e. The van der Waals surface area contributed by atoms with E-state index >= 15 is 0 Å². The van der Waals surface area contributed by atoms with E-state index in [1.165, 1.54) is 0 Å². The number of hydrogen-bond acceptors (Lipinski definition) is 5. The summed E-state index contributed by atoms with van der Waals surface area (Å²) in [7, 11) is 0. The van der Waals surface area contributed by atoms with Gasteiger partial charge in [0, 0.05) is 29.2 Å². The highest BCUT2D eigenvalue weighted by atomic mass is 79.9. The lowest BCUT2D eigenvalue weighted by Gasteiger charge is -2.15. The first kappa shape index (κ1) is 20.4. The highest BCUT2D eigenvalue weighted by Crippen LogP contribution is 2.28. The molecule has 0 aliphatic carbocycles. The lowest BCUT2D eigenvalue weighted by molar-refractivity contribution is -0.144. The summed E-state index contributed by atoms with van der Waals surface area (Å²) in [6.45, 7) is -0.0248. The number of halogens is 2. The van der Waals surface area contributed by atoms with Crippen LogP contribution in [-0.2, 0) is 14.3 Å². The van der Waals surface area contributed by atoms with Crippen molar-refractivity contribution in [2.75, 3.05) is 24.7 Å². The van der Waals surface area contributed by atoms with E-state index < -0.39 is 5.97 Å². The molecule has 1 heterocycles. The number of Topliss-reactive ketones (excluding diaryl/α,β-unsaturated/α-hetero) is 1. The number of carbonyl (C=O) groups excluding carboxylic acids is 3. The standard InChI is InChI=1S/C20H17BrClNO5/c21-16-10-14(22)5-8-18(16)27-12-20(26)28-11-17(24)13-3-6-15(7-4-13)23-9-1-2-19(23)25/h3-8,10H,1-2,9,11-12H2. The molecular weight excluding hydrogens is 450 g/mol. The zero-order chi connectivity index (χ0) is 20.1. The molecular formula is C20H17BrClNO5. The van der Waals surface area contributed by atoms with E-state index in [9.17, 15) is 14.4 Å². The molecule has 0 aromatic heterocycles. The first-order valence-corrected chi connectivity index (χ1v) is 9.78. The van der Waals surface area contributed by atoms with Crippen LogP contribution in [0.5, 0.6) is 5.75 Å². The van der Waals surface area contributed by atoms with Gasteiger partial charge in [-0.15, -0.1) is 0 Å². The van der Waals surface area contributed by atoms with Gasteiger partial charge in [0.05, 0.1) is 4.47 Å². The number of hydrogen-bond donors (Lipinski definition) is 0. The van der Waals surface area contributed by atoms with Crippen LogP contribution in [0.2, 0.25) is 5.02 Å². The minimum atomic E-state index is -0.658. The van der Waals surface area contributed by atoms with E-state index in [4.69, 9.17) is 21.1 Å². The maximum absolute atomic E-state index is 12.2. The number of amides is 1. The largest absolute Gasteiger partial charge is 0.481 e. The third kappa shape index (κ3) is 5.11. The quantitative estimate of drug-likeness (QED) is 0.455. The molecule has 1 aliphatic heterocycles. The van der Waals surface area contributed by atoms with Crippen LogP contribution in [0.1, 0.15) is 23.2 Å². The zero-order valence-corrected chi connectivity index (χ0v) is 17.2. The monoisotopic (exact) mass is 465 g/mol. The summed E-state index contributed by atoms with van der Waals surface area (Å²) >= 11 is 9.13. The van der Waals surface area contributed by atoms with Gasteiger partial charge in [-0.05, 0) is 64.8 Å². The summed E-state index contributed by atoms with van der Waals surface area (Å²) in [5.74, 6) is -0.463. The van der Waals surface area contributed by atoms with Gasteiger partial charge in [0.15, 0.2) is 19.0 Å². The Balaban J connectivity index is 1.48. The van der Waals surface area contributed by atoms with Crippen molar-refractivity contribution in [2.45, 2.75) is 12.8 Å². The Morgan fingerprint density at radius 3 is 2.50 bits per heavy atom. The van der Waals surface area contributed by atoms with Crippen LogP contribution in [0.15, 0.2) is 46.9 Å². The number of carbonyl (C=O) groups is 3. The third-order valence-electron chi connectivity index (χ3n) is 4.18. The average molecular weight is 467 g/mol. The first-order valence-electron chi connectivity index (χ1n) is 8.61. The Kier molecular flexibility index (Phi) is 6.70. The topological polar surface area (TPSA) is 72.9 Å². The number of rotatable bonds is 7. The number of benzene rings is 2. The summed E-state index contributed by atoms with van der Waals surface area (Å²) in [5, 5.41) is 0.535. The second-order valence-electron chi connectivity index (χ2n) is 6.14. The molecule has 1 amide bonds. The van der Waals surface area contributed by atoms with Gasteiger partial charge >= 0.3 is 5.97 Å². The summed E-state index contributed by atoms with van der Waals surface area (Å²) in [4.78, 5) is 37.4. The molecule has 1 saturated heterocycles. The molecule has 0 spiro atoms. The average Bonchev–Trinajstić information content (AvgIpc) is 3.11. The van der Waals surface area contributed by atoms with Crippen molar-refractivity contribution in [2.24, 2.45) is 0 Å². The zero-order valence-electron chi connectivity index (χ0n) is 14.8. The number of ether oxygens (including phenoxy) is 2. The van der Waals surface area contributed by atoms with Crippen LogP contribution in [-0.4, -0.2) is 37.4 Å². The van der Waals surface area contributed by atoms with Crippen LogP contribution < -0.4 is 9.64 Å². The Morgan fingerprint density at radius 2 is 1.86 bits per heavy atom. The van der Waals surface area contributed by atoms with Crippen molar-refractivity contribution >= 4 is 50.9 Å². The van der Waals surface area contributed by atoms with Crippen LogP contribution in [0, 0.1) is 0 Å². The highest BCUT2D eigenvalue weighted by Gasteiger charge is 2.21. The Morgan fingerprint density at radius 1 is 1.11 bits per heavy atom. The Bertz CT molecular complexity index is 900. The van der Waals surface area contributed by atoms with E-state index in [-0.39, 0.29) is 24.9 Å². The van der Waals surface area contributed by atoms with Crippen molar-refractivity contribution in [1.82, 2.24) is 0 Å². The molecule has 1 fully saturated rings. The number of nitrogens with zero attached hydrogens (tertiary/aromatic N) is 1. The number of anilines is 1. The van der Waals surface area contributed by atoms with Gasteiger partial charge in [-0.3, -0.25) is 9.59 Å². The van der Waals surface area contributed by atoms with E-state index in [1.54, 1.807) is 47.4 Å². The first-order chi connectivity index (χ1) is 13.4. The molecule has 1 aliphatic rings. The van der Waals surface area contributed by atoms with Gasteiger partial charge in [-0.1, -0.05) is 11.6 Å². The van der Waals surface area contributed by atoms with E-state index in [2.05, 4.69) is 15.9 Å². The molecule has 0 saturated carbocycles. The van der Waals surface area contributed by atoms with Gasteiger partial charge in [0.25, 0.3) is 0 Å². The Hall–Kier alpha value is -2.38. The third-order valence-corrected chi connectivity index (χ3v) is 5.03. The van der Waals surface area contributed by atoms with Gasteiger partial charge in [0.1, 0.15) is 5.75 Å². The fourth-order valence-electron chi connectivity index (χ4n) is 2.75. The van der Waals surface area contributed by atoms with E-state index in [0.717, 1.165) is 12.1 Å². The molecule has 0 N–H and O–H groups in total. The molecule has 28 heavy (non-hydrogen) atoms. The summed E-state index contributed by atoms with van der Waals surface area (Å²) < 4.78 is 10.9. The summed E-state index contributed by atoms with van der Waals surface area (Å²) in [5.41, 5.74) is 1.17. The number of esters is 1. The van der Waals surface area contributed by atoms with Crippen LogP contribution in [0.25, 0.3) is 0 Å². The molecule has 0 atom stereocenters. The van der Waals surface area contributed by atoms with Crippen LogP contribution >= 0.6 is 27.5 Å². The lowest BCUT2D eigenvalue weighted by atomic mass is 10.1. The second kappa shape index (κ2) is 9.21. The van der Waals surface area contributed by atoms with Crippen molar-refractivity contribution < 1.29 is 23.9 Å². The minimum Gasteiger partial charge on any atom is -0.481 e. The van der Waals surface area contributed by atoms with Gasteiger partial charge < -0.3 is 14.4 Å². The van der Waals surface area contributed by atoms with Gasteiger partial charge in [0.2, 0.25) is 5.91 Å². The summed E-state index contributed by atoms with van der Waals surface area (Å²) in [6, 6.07) is 11.6. The molecule has 2 aromatic carbocycles. The fraction of sp³-hybridized carbons (Fsp3) is 0.250. The van der Waals surface area contributed by atoms with Crippen molar-refractivity contribution in [3.05, 3.63) is 57.5 Å². The molecule has 8 heteroatoms. The molecule has 3 rings (SSSR count). The lowest BCUT2D eigenvalue weighted by Crippen LogP contribution is -2.23. The van der Waals surface area contributed by atoms with E-state index in [0.29, 0.717) is 33.8 Å². The van der Waals surface area contributed by atoms with Crippen molar-refractivity contribution in [3.8, 4) is 5.75 Å². The molecule has 0 radical (unpaired) electrons. The predicted octanol–water partition coefficient (Wildman–Crippen LogP) is 4.03. The molecule has 146 valence electrons. The van der Waals surface area contributed by atoms with Gasteiger partial charge in [-0.25, -0.2) is 4.79 Å².